The van der Waals surface area contributed by atoms with E-state index in [0.717, 1.165) is 69.8 Å². The zero-order valence-electron chi connectivity index (χ0n) is 22.4. The van der Waals surface area contributed by atoms with Crippen LogP contribution in [0.5, 0.6) is 11.5 Å². The molecule has 0 saturated carbocycles. The fraction of sp³-hybridized carbons (Fsp3) is 0.194. The van der Waals surface area contributed by atoms with Gasteiger partial charge in [0.15, 0.2) is 5.82 Å². The lowest BCUT2D eigenvalue weighted by Crippen LogP contribution is -2.34. The lowest BCUT2D eigenvalue weighted by Gasteiger charge is -2.22. The van der Waals surface area contributed by atoms with Gasteiger partial charge in [0.2, 0.25) is 5.91 Å². The van der Waals surface area contributed by atoms with Crippen LogP contribution in [0.3, 0.4) is 0 Å². The van der Waals surface area contributed by atoms with Gasteiger partial charge in [-0.1, -0.05) is 12.7 Å². The summed E-state index contributed by atoms with van der Waals surface area (Å²) in [4.78, 5) is 29.9. The van der Waals surface area contributed by atoms with E-state index in [-0.39, 0.29) is 11.9 Å². The Balaban J connectivity index is 1.21. The molecular formula is C31H29N7O2. The number of hydrogen-bond donors (Lipinski definition) is 2. The quantitative estimate of drug-likeness (QED) is 0.248. The lowest BCUT2D eigenvalue weighted by molar-refractivity contribution is -0.117. The van der Waals surface area contributed by atoms with Gasteiger partial charge in [0.05, 0.1) is 28.6 Å². The van der Waals surface area contributed by atoms with Gasteiger partial charge >= 0.3 is 0 Å². The summed E-state index contributed by atoms with van der Waals surface area (Å²) in [5.41, 5.74) is 7.30. The van der Waals surface area contributed by atoms with Crippen LogP contribution in [0.2, 0.25) is 0 Å². The van der Waals surface area contributed by atoms with Crippen molar-refractivity contribution in [3.63, 3.8) is 0 Å². The normalized spacial score (nSPS) is 15.1. The number of imidazole rings is 1. The van der Waals surface area contributed by atoms with Gasteiger partial charge in [0.1, 0.15) is 23.3 Å². The fourth-order valence-electron chi connectivity index (χ4n) is 4.95. The van der Waals surface area contributed by atoms with Crippen molar-refractivity contribution < 1.29 is 9.53 Å². The summed E-state index contributed by atoms with van der Waals surface area (Å²) < 4.78 is 8.15. The number of nitrogens with one attached hydrogen (secondary N) is 2. The summed E-state index contributed by atoms with van der Waals surface area (Å²) in [5.74, 6) is 1.99. The minimum atomic E-state index is -0.139. The van der Waals surface area contributed by atoms with Crippen molar-refractivity contribution in [3.8, 4) is 11.5 Å². The number of aryl methyl sites for hydroxylation is 2. The Hall–Kier alpha value is -5.05. The predicted molar refractivity (Wildman–Crippen MR) is 157 cm³/mol. The average molecular weight is 532 g/mol. The van der Waals surface area contributed by atoms with E-state index < -0.39 is 0 Å². The smallest absolute Gasteiger partial charge is 0.243 e. The molecule has 1 atom stereocenters. The summed E-state index contributed by atoms with van der Waals surface area (Å²) in [6.07, 6.45) is 9.23. The first kappa shape index (κ1) is 25.2. The molecule has 6 rings (SSSR count). The van der Waals surface area contributed by atoms with E-state index in [1.807, 2.05) is 67.1 Å². The van der Waals surface area contributed by atoms with E-state index in [2.05, 4.69) is 38.2 Å². The molecule has 0 fully saturated rings. The Kier molecular flexibility index (Phi) is 6.69. The highest BCUT2D eigenvalue weighted by atomic mass is 16.5. The van der Waals surface area contributed by atoms with Gasteiger partial charge in [-0.3, -0.25) is 4.79 Å². The van der Waals surface area contributed by atoms with E-state index in [1.165, 1.54) is 12.4 Å². The third-order valence-electron chi connectivity index (χ3n) is 7.12. The number of hydrogen-bond acceptors (Lipinski definition) is 7. The predicted octanol–water partition coefficient (Wildman–Crippen LogP) is 5.99. The maximum atomic E-state index is 11.6. The molecule has 1 aliphatic carbocycles. The van der Waals surface area contributed by atoms with Crippen molar-refractivity contribution in [2.45, 2.75) is 32.2 Å². The molecule has 1 amide bonds. The molecule has 9 nitrogen and oxygen atoms in total. The summed E-state index contributed by atoms with van der Waals surface area (Å²) >= 11 is 0. The Morgan fingerprint density at radius 3 is 2.80 bits per heavy atom. The summed E-state index contributed by atoms with van der Waals surface area (Å²) in [7, 11) is 1.97. The van der Waals surface area contributed by atoms with Crippen molar-refractivity contribution in [2.24, 2.45) is 7.05 Å². The molecule has 0 saturated heterocycles. The Bertz CT molecular complexity index is 1790. The Morgan fingerprint density at radius 1 is 1.10 bits per heavy atom. The molecule has 3 aromatic heterocycles. The number of nitrogens with zero attached hydrogens (tertiary/aromatic N) is 5. The highest BCUT2D eigenvalue weighted by molar-refractivity contribution is 5.89. The SMILES string of the molecule is C=CC(=O)NC1CC=C(c2ccc3ncnc(Nc4ccc(Oc5ccc6c(c5)ncn6C)c(C)c4)c3n2)CC1. The Labute approximate surface area is 231 Å². The summed E-state index contributed by atoms with van der Waals surface area (Å²) in [5, 5.41) is 6.38. The highest BCUT2D eigenvalue weighted by Crippen LogP contribution is 2.32. The molecule has 40 heavy (non-hydrogen) atoms. The fourth-order valence-corrected chi connectivity index (χ4v) is 4.95. The van der Waals surface area contributed by atoms with Crippen LogP contribution in [-0.4, -0.2) is 36.5 Å². The number of rotatable bonds is 7. The molecule has 2 aromatic carbocycles. The second kappa shape index (κ2) is 10.6. The molecule has 3 heterocycles. The number of allylic oxidation sites excluding steroid dienone is 1. The molecule has 5 aromatic rings. The minimum Gasteiger partial charge on any atom is -0.457 e. The molecule has 1 aliphatic rings. The second-order valence-electron chi connectivity index (χ2n) is 9.91. The van der Waals surface area contributed by atoms with Crippen molar-refractivity contribution in [3.05, 3.63) is 91.2 Å². The molecule has 0 radical (unpaired) electrons. The molecule has 9 heteroatoms. The van der Waals surface area contributed by atoms with Crippen LogP contribution in [0.15, 0.2) is 79.9 Å². The second-order valence-corrected chi connectivity index (χ2v) is 9.91. The number of carbonyl (C=O) groups is 1. The molecular weight excluding hydrogens is 502 g/mol. The molecule has 0 bridgehead atoms. The Morgan fingerprint density at radius 2 is 2.00 bits per heavy atom. The van der Waals surface area contributed by atoms with E-state index in [9.17, 15) is 4.79 Å². The van der Waals surface area contributed by atoms with Crippen LogP contribution in [0.1, 0.15) is 30.5 Å². The minimum absolute atomic E-state index is 0.114. The first-order valence-electron chi connectivity index (χ1n) is 13.2. The summed E-state index contributed by atoms with van der Waals surface area (Å²) in [6, 6.07) is 15.9. The van der Waals surface area contributed by atoms with E-state index in [1.54, 1.807) is 6.33 Å². The molecule has 0 aliphatic heterocycles. The molecule has 0 spiro atoms. The third-order valence-corrected chi connectivity index (χ3v) is 7.12. The van der Waals surface area contributed by atoms with Crippen LogP contribution in [0.25, 0.3) is 27.6 Å². The van der Waals surface area contributed by atoms with Gasteiger partial charge in [0.25, 0.3) is 0 Å². The van der Waals surface area contributed by atoms with Crippen molar-refractivity contribution >= 4 is 45.1 Å². The summed E-state index contributed by atoms with van der Waals surface area (Å²) in [6.45, 7) is 5.54. The number of benzene rings is 2. The van der Waals surface area contributed by atoms with Gasteiger partial charge in [-0.2, -0.15) is 0 Å². The van der Waals surface area contributed by atoms with E-state index in [4.69, 9.17) is 9.72 Å². The topological polar surface area (TPSA) is 107 Å². The first-order chi connectivity index (χ1) is 19.5. The van der Waals surface area contributed by atoms with Crippen LogP contribution >= 0.6 is 0 Å². The lowest BCUT2D eigenvalue weighted by atomic mass is 9.93. The number of carbonyl (C=O) groups excluding carboxylic acids is 1. The molecule has 2 N–H and O–H groups in total. The average Bonchev–Trinajstić information content (AvgIpc) is 3.34. The number of aromatic nitrogens is 5. The first-order valence-corrected chi connectivity index (χ1v) is 13.2. The van der Waals surface area contributed by atoms with Crippen LogP contribution in [0.4, 0.5) is 11.5 Å². The number of ether oxygens (including phenoxy) is 1. The van der Waals surface area contributed by atoms with Gasteiger partial charge in [-0.25, -0.2) is 19.9 Å². The molecule has 200 valence electrons. The van der Waals surface area contributed by atoms with Crippen molar-refractivity contribution in [2.75, 3.05) is 5.32 Å². The van der Waals surface area contributed by atoms with Crippen molar-refractivity contribution in [1.29, 1.82) is 0 Å². The van der Waals surface area contributed by atoms with Gasteiger partial charge < -0.3 is 19.9 Å². The van der Waals surface area contributed by atoms with Crippen LogP contribution in [0, 0.1) is 6.92 Å². The number of anilines is 2. The van der Waals surface area contributed by atoms with Crippen LogP contribution in [-0.2, 0) is 11.8 Å². The third kappa shape index (κ3) is 5.13. The standard InChI is InChI=1S/C31H29N7O2/c1-4-29(39)35-21-7-5-20(6-8-21)24-11-12-25-30(37-24)31(33-17-32-25)36-22-9-14-28(19(2)15-22)40-23-10-13-27-26(16-23)34-18-38(27)3/h4-5,9-18,21H,1,6-8H2,2-3H3,(H,35,39)(H,32,33,36). The number of amides is 1. The zero-order valence-corrected chi connectivity index (χ0v) is 22.4. The molecule has 1 unspecified atom stereocenters. The highest BCUT2D eigenvalue weighted by Gasteiger charge is 2.18. The van der Waals surface area contributed by atoms with Gasteiger partial charge in [0, 0.05) is 24.8 Å². The number of fused-ring (bicyclic) bond motifs is 2. The zero-order chi connectivity index (χ0) is 27.6. The maximum Gasteiger partial charge on any atom is 0.243 e. The monoisotopic (exact) mass is 531 g/mol. The van der Waals surface area contributed by atoms with E-state index in [0.29, 0.717) is 11.3 Å². The van der Waals surface area contributed by atoms with Gasteiger partial charge in [-0.05, 0) is 85.9 Å². The van der Waals surface area contributed by atoms with Crippen LogP contribution < -0.4 is 15.4 Å². The van der Waals surface area contributed by atoms with E-state index >= 15 is 0 Å². The number of pyridine rings is 1. The largest absolute Gasteiger partial charge is 0.457 e. The van der Waals surface area contributed by atoms with Crippen molar-refractivity contribution in [1.82, 2.24) is 29.8 Å². The maximum absolute atomic E-state index is 11.6. The van der Waals surface area contributed by atoms with Gasteiger partial charge in [-0.15, -0.1) is 0 Å².